The molecule has 0 aliphatic heterocycles. The van der Waals surface area contributed by atoms with Crippen molar-refractivity contribution >= 4 is 0 Å². The van der Waals surface area contributed by atoms with Gasteiger partial charge in [-0.15, -0.1) is 0 Å². The molecule has 0 fully saturated rings. The second kappa shape index (κ2) is 12.4. The Kier molecular flexibility index (Phi) is 12.3. The summed E-state index contributed by atoms with van der Waals surface area (Å²) in [5.74, 6) is 0. The molecule has 0 bridgehead atoms. The Labute approximate surface area is 109 Å². The van der Waals surface area contributed by atoms with E-state index in [1.54, 1.807) is 0 Å². The van der Waals surface area contributed by atoms with Gasteiger partial charge < -0.3 is 10.1 Å². The molecule has 0 aliphatic rings. The van der Waals surface area contributed by atoms with Gasteiger partial charge in [0, 0.05) is 19.2 Å². The Morgan fingerprint density at radius 3 is 2.24 bits per heavy atom. The summed E-state index contributed by atoms with van der Waals surface area (Å²) in [6.07, 6.45) is 9.55. The van der Waals surface area contributed by atoms with Crippen LogP contribution in [0, 0.1) is 0 Å². The molecule has 0 spiro atoms. The maximum atomic E-state index is 5.78. The molecule has 0 aliphatic carbocycles. The number of hydrogen-bond donors (Lipinski definition) is 1. The highest BCUT2D eigenvalue weighted by molar-refractivity contribution is 4.61. The molecule has 0 aromatic carbocycles. The Hall–Kier alpha value is -0.0800. The van der Waals surface area contributed by atoms with Gasteiger partial charge in [-0.2, -0.15) is 0 Å². The van der Waals surface area contributed by atoms with Crippen molar-refractivity contribution in [3.05, 3.63) is 0 Å². The molecule has 2 atom stereocenters. The average Bonchev–Trinajstić information content (AvgIpc) is 2.34. The molecule has 0 radical (unpaired) electrons. The van der Waals surface area contributed by atoms with E-state index in [1.165, 1.54) is 44.9 Å². The van der Waals surface area contributed by atoms with E-state index in [-0.39, 0.29) is 0 Å². The SMILES string of the molecule is CCCCCCCCOC(C)CNC(C)CC. The van der Waals surface area contributed by atoms with E-state index >= 15 is 0 Å². The summed E-state index contributed by atoms with van der Waals surface area (Å²) < 4.78 is 5.78. The van der Waals surface area contributed by atoms with Crippen LogP contribution in [0.3, 0.4) is 0 Å². The minimum atomic E-state index is 0.347. The zero-order valence-electron chi connectivity index (χ0n) is 12.4. The maximum Gasteiger partial charge on any atom is 0.0671 e. The van der Waals surface area contributed by atoms with Crippen LogP contribution in [0.5, 0.6) is 0 Å². The van der Waals surface area contributed by atoms with Crippen LogP contribution in [0.15, 0.2) is 0 Å². The molecule has 1 N–H and O–H groups in total. The van der Waals surface area contributed by atoms with Gasteiger partial charge >= 0.3 is 0 Å². The van der Waals surface area contributed by atoms with Crippen molar-refractivity contribution in [3.8, 4) is 0 Å². The Bertz CT molecular complexity index is 150. The number of ether oxygens (including phenoxy) is 1. The minimum absolute atomic E-state index is 0.347. The van der Waals surface area contributed by atoms with E-state index in [0.717, 1.165) is 13.2 Å². The first kappa shape index (κ1) is 16.9. The predicted molar refractivity (Wildman–Crippen MR) is 76.5 cm³/mol. The van der Waals surface area contributed by atoms with Gasteiger partial charge in [-0.1, -0.05) is 46.0 Å². The Morgan fingerprint density at radius 1 is 0.941 bits per heavy atom. The standard InChI is InChI=1S/C15H33NO/c1-5-7-8-9-10-11-12-17-15(4)13-16-14(3)6-2/h14-16H,5-13H2,1-4H3. The third kappa shape index (κ3) is 12.2. The molecule has 17 heavy (non-hydrogen) atoms. The van der Waals surface area contributed by atoms with Gasteiger partial charge in [-0.05, 0) is 26.7 Å². The third-order valence-electron chi connectivity index (χ3n) is 3.27. The summed E-state index contributed by atoms with van der Waals surface area (Å²) in [5.41, 5.74) is 0. The summed E-state index contributed by atoms with van der Waals surface area (Å²) in [7, 11) is 0. The first-order valence-electron chi connectivity index (χ1n) is 7.55. The molecule has 0 heterocycles. The van der Waals surface area contributed by atoms with Crippen LogP contribution in [-0.2, 0) is 4.74 Å². The molecule has 0 rings (SSSR count). The van der Waals surface area contributed by atoms with Crippen LogP contribution < -0.4 is 5.32 Å². The van der Waals surface area contributed by atoms with Crippen molar-refractivity contribution in [2.75, 3.05) is 13.2 Å². The van der Waals surface area contributed by atoms with Crippen molar-refractivity contribution in [1.82, 2.24) is 5.32 Å². The highest BCUT2D eigenvalue weighted by atomic mass is 16.5. The van der Waals surface area contributed by atoms with Crippen LogP contribution >= 0.6 is 0 Å². The van der Waals surface area contributed by atoms with E-state index in [2.05, 4.69) is 33.0 Å². The van der Waals surface area contributed by atoms with Gasteiger partial charge in [0.1, 0.15) is 0 Å². The lowest BCUT2D eigenvalue weighted by atomic mass is 10.1. The van der Waals surface area contributed by atoms with E-state index in [9.17, 15) is 0 Å². The molecule has 0 aromatic heterocycles. The third-order valence-corrected chi connectivity index (χ3v) is 3.27. The Morgan fingerprint density at radius 2 is 1.59 bits per heavy atom. The normalized spacial score (nSPS) is 14.8. The Balaban J connectivity index is 3.19. The molecule has 0 saturated heterocycles. The highest BCUT2D eigenvalue weighted by Gasteiger charge is 2.03. The second-order valence-corrected chi connectivity index (χ2v) is 5.17. The number of hydrogen-bond acceptors (Lipinski definition) is 2. The van der Waals surface area contributed by atoms with Crippen LogP contribution in [-0.4, -0.2) is 25.3 Å². The van der Waals surface area contributed by atoms with Crippen molar-refractivity contribution in [2.24, 2.45) is 0 Å². The van der Waals surface area contributed by atoms with Crippen LogP contribution in [0.2, 0.25) is 0 Å². The van der Waals surface area contributed by atoms with Gasteiger partial charge in [-0.25, -0.2) is 0 Å². The fraction of sp³-hybridized carbons (Fsp3) is 1.00. The molecule has 2 nitrogen and oxygen atoms in total. The largest absolute Gasteiger partial charge is 0.377 e. The summed E-state index contributed by atoms with van der Waals surface area (Å²) >= 11 is 0. The summed E-state index contributed by atoms with van der Waals surface area (Å²) in [5, 5.41) is 3.48. The summed E-state index contributed by atoms with van der Waals surface area (Å²) in [6.45, 7) is 10.8. The highest BCUT2D eigenvalue weighted by Crippen LogP contribution is 2.05. The lowest BCUT2D eigenvalue weighted by molar-refractivity contribution is 0.0613. The first-order chi connectivity index (χ1) is 8.20. The van der Waals surface area contributed by atoms with E-state index in [4.69, 9.17) is 4.74 Å². The van der Waals surface area contributed by atoms with Crippen LogP contribution in [0.1, 0.15) is 72.6 Å². The molecule has 2 heteroatoms. The molecule has 104 valence electrons. The van der Waals surface area contributed by atoms with Crippen LogP contribution in [0.25, 0.3) is 0 Å². The van der Waals surface area contributed by atoms with Crippen molar-refractivity contribution in [1.29, 1.82) is 0 Å². The molecular formula is C15H33NO. The predicted octanol–water partition coefficient (Wildman–Crippen LogP) is 4.14. The lowest BCUT2D eigenvalue weighted by Gasteiger charge is -2.17. The topological polar surface area (TPSA) is 21.3 Å². The zero-order valence-corrected chi connectivity index (χ0v) is 12.4. The monoisotopic (exact) mass is 243 g/mol. The average molecular weight is 243 g/mol. The quantitative estimate of drug-likeness (QED) is 0.520. The van der Waals surface area contributed by atoms with Crippen molar-refractivity contribution in [2.45, 2.75) is 84.8 Å². The van der Waals surface area contributed by atoms with Crippen molar-refractivity contribution < 1.29 is 4.74 Å². The molecule has 2 unspecified atom stereocenters. The smallest absolute Gasteiger partial charge is 0.0671 e. The van der Waals surface area contributed by atoms with E-state index in [0.29, 0.717) is 12.1 Å². The number of nitrogens with one attached hydrogen (secondary N) is 1. The van der Waals surface area contributed by atoms with Gasteiger partial charge in [0.15, 0.2) is 0 Å². The van der Waals surface area contributed by atoms with Gasteiger partial charge in [0.25, 0.3) is 0 Å². The fourth-order valence-corrected chi connectivity index (χ4v) is 1.74. The zero-order chi connectivity index (χ0) is 12.9. The number of rotatable bonds is 12. The van der Waals surface area contributed by atoms with Crippen molar-refractivity contribution in [3.63, 3.8) is 0 Å². The molecule has 0 aromatic rings. The van der Waals surface area contributed by atoms with Gasteiger partial charge in [-0.3, -0.25) is 0 Å². The van der Waals surface area contributed by atoms with Crippen LogP contribution in [0.4, 0.5) is 0 Å². The molecule has 0 amide bonds. The summed E-state index contributed by atoms with van der Waals surface area (Å²) in [4.78, 5) is 0. The second-order valence-electron chi connectivity index (χ2n) is 5.17. The first-order valence-corrected chi connectivity index (χ1v) is 7.55. The van der Waals surface area contributed by atoms with E-state index in [1.807, 2.05) is 0 Å². The van der Waals surface area contributed by atoms with Gasteiger partial charge in [0.05, 0.1) is 6.10 Å². The molecule has 0 saturated carbocycles. The number of unbranched alkanes of at least 4 members (excludes halogenated alkanes) is 5. The maximum absolute atomic E-state index is 5.78. The molecular weight excluding hydrogens is 210 g/mol. The minimum Gasteiger partial charge on any atom is -0.377 e. The summed E-state index contributed by atoms with van der Waals surface area (Å²) in [6, 6.07) is 0.607. The van der Waals surface area contributed by atoms with E-state index < -0.39 is 0 Å². The fourth-order valence-electron chi connectivity index (χ4n) is 1.74. The van der Waals surface area contributed by atoms with Gasteiger partial charge in [0.2, 0.25) is 0 Å². The lowest BCUT2D eigenvalue weighted by Crippen LogP contribution is -2.33.